The van der Waals surface area contributed by atoms with Crippen molar-refractivity contribution in [1.82, 2.24) is 0 Å². The molecule has 92 valence electrons. The molecule has 1 saturated carbocycles. The van der Waals surface area contributed by atoms with Crippen LogP contribution in [0, 0.1) is 28.6 Å². The molecule has 0 saturated heterocycles. The highest BCUT2D eigenvalue weighted by Crippen LogP contribution is 2.49. The summed E-state index contributed by atoms with van der Waals surface area (Å²) in [5, 5.41) is 20.2. The molecule has 0 radical (unpaired) electrons. The van der Waals surface area contributed by atoms with Gasteiger partial charge in [0.1, 0.15) is 0 Å². The van der Waals surface area contributed by atoms with Crippen LogP contribution in [0.2, 0.25) is 0 Å². The van der Waals surface area contributed by atoms with Crippen LogP contribution in [0.3, 0.4) is 0 Å². The minimum atomic E-state index is -0.851. The van der Waals surface area contributed by atoms with Crippen molar-refractivity contribution in [3.05, 3.63) is 0 Å². The third kappa shape index (κ3) is 2.11. The molecule has 0 aliphatic heterocycles. The zero-order valence-corrected chi connectivity index (χ0v) is 11.1. The molecule has 1 aliphatic carbocycles. The van der Waals surface area contributed by atoms with E-state index in [1.54, 1.807) is 0 Å². The lowest BCUT2D eigenvalue weighted by molar-refractivity contribution is -0.101. The van der Waals surface area contributed by atoms with Crippen LogP contribution >= 0.6 is 0 Å². The second kappa shape index (κ2) is 4.75. The number of rotatable bonds is 3. The second-order valence-corrected chi connectivity index (χ2v) is 5.83. The van der Waals surface area contributed by atoms with Crippen LogP contribution in [0.1, 0.15) is 59.8 Å². The molecule has 0 spiro atoms. The van der Waals surface area contributed by atoms with E-state index < -0.39 is 11.0 Å². The molecule has 2 heteroatoms. The summed E-state index contributed by atoms with van der Waals surface area (Å²) in [6.07, 6.45) is 4.76. The van der Waals surface area contributed by atoms with Crippen LogP contribution in [0.4, 0.5) is 0 Å². The molecule has 0 aromatic carbocycles. The Balaban J connectivity index is 2.93. The van der Waals surface area contributed by atoms with Crippen molar-refractivity contribution >= 4 is 0 Å². The van der Waals surface area contributed by atoms with Crippen LogP contribution in [0.15, 0.2) is 0 Å². The number of hydrogen-bond donors (Lipinski definition) is 1. The molecular formula is C14H25NO. The summed E-state index contributed by atoms with van der Waals surface area (Å²) in [7, 11) is 0. The molecule has 2 unspecified atom stereocenters. The fourth-order valence-corrected chi connectivity index (χ4v) is 2.86. The van der Waals surface area contributed by atoms with E-state index >= 15 is 0 Å². The maximum Gasteiger partial charge on any atom is 0.0860 e. The lowest BCUT2D eigenvalue weighted by Crippen LogP contribution is -2.51. The van der Waals surface area contributed by atoms with Crippen LogP contribution in [0.5, 0.6) is 0 Å². The van der Waals surface area contributed by atoms with Crippen LogP contribution in [-0.2, 0) is 0 Å². The smallest absolute Gasteiger partial charge is 0.0860 e. The molecule has 1 N–H and O–H groups in total. The van der Waals surface area contributed by atoms with Gasteiger partial charge in [0.2, 0.25) is 0 Å². The van der Waals surface area contributed by atoms with Crippen molar-refractivity contribution in [2.45, 2.75) is 65.4 Å². The summed E-state index contributed by atoms with van der Waals surface area (Å²) in [5.41, 5.74) is -1.37. The van der Waals surface area contributed by atoms with Gasteiger partial charge in [-0.1, -0.05) is 27.2 Å². The molecule has 1 rings (SSSR count). The highest BCUT2D eigenvalue weighted by molar-refractivity contribution is 5.12. The first-order valence-corrected chi connectivity index (χ1v) is 6.53. The van der Waals surface area contributed by atoms with Gasteiger partial charge in [-0.15, -0.1) is 0 Å². The lowest BCUT2D eigenvalue weighted by Gasteiger charge is -2.47. The maximum absolute atomic E-state index is 10.7. The third-order valence-corrected chi connectivity index (χ3v) is 4.88. The SMILES string of the molecule is CCC(C)C(C)(O)C1(C#N)CCC(C)CC1. The first kappa shape index (κ1) is 13.5. The van der Waals surface area contributed by atoms with E-state index in [4.69, 9.17) is 0 Å². The normalized spacial score (nSPS) is 36.1. The lowest BCUT2D eigenvalue weighted by atomic mass is 9.59. The fourth-order valence-electron chi connectivity index (χ4n) is 2.86. The minimum Gasteiger partial charge on any atom is -0.388 e. The Morgan fingerprint density at radius 1 is 1.50 bits per heavy atom. The number of nitriles is 1. The Bertz CT molecular complexity index is 269. The van der Waals surface area contributed by atoms with Crippen molar-refractivity contribution in [3.8, 4) is 6.07 Å². The average Bonchev–Trinajstić information content (AvgIpc) is 2.29. The third-order valence-electron chi connectivity index (χ3n) is 4.88. The van der Waals surface area contributed by atoms with E-state index in [9.17, 15) is 10.4 Å². The Kier molecular flexibility index (Phi) is 4.02. The average molecular weight is 223 g/mol. The standard InChI is InChI=1S/C14H25NO/c1-5-12(3)13(4,16)14(10-15)8-6-11(2)7-9-14/h11-12,16H,5-9H2,1-4H3. The molecular weight excluding hydrogens is 198 g/mol. The predicted octanol–water partition coefficient (Wildman–Crippen LogP) is 3.50. The summed E-state index contributed by atoms with van der Waals surface area (Å²) in [6, 6.07) is 2.44. The summed E-state index contributed by atoms with van der Waals surface area (Å²) in [4.78, 5) is 0. The van der Waals surface area contributed by atoms with Crippen LogP contribution in [0.25, 0.3) is 0 Å². The summed E-state index contributed by atoms with van der Waals surface area (Å²) in [5.74, 6) is 0.884. The monoisotopic (exact) mass is 223 g/mol. The number of nitrogens with zero attached hydrogens (tertiary/aromatic N) is 1. The van der Waals surface area contributed by atoms with Gasteiger partial charge in [0.15, 0.2) is 0 Å². The first-order chi connectivity index (χ1) is 7.39. The van der Waals surface area contributed by atoms with E-state index in [2.05, 4.69) is 26.8 Å². The van der Waals surface area contributed by atoms with Crippen molar-refractivity contribution in [2.75, 3.05) is 0 Å². The van der Waals surface area contributed by atoms with Gasteiger partial charge in [-0.2, -0.15) is 5.26 Å². The molecule has 0 heterocycles. The van der Waals surface area contributed by atoms with E-state index in [0.29, 0.717) is 5.92 Å². The number of aliphatic hydroxyl groups is 1. The highest BCUT2D eigenvalue weighted by Gasteiger charge is 2.51. The summed E-state index contributed by atoms with van der Waals surface area (Å²) < 4.78 is 0. The van der Waals surface area contributed by atoms with Crippen molar-refractivity contribution in [2.24, 2.45) is 17.3 Å². The van der Waals surface area contributed by atoms with Gasteiger partial charge in [0, 0.05) is 0 Å². The van der Waals surface area contributed by atoms with Gasteiger partial charge in [-0.05, 0) is 44.4 Å². The molecule has 0 aromatic heterocycles. The van der Waals surface area contributed by atoms with Gasteiger partial charge >= 0.3 is 0 Å². The largest absolute Gasteiger partial charge is 0.388 e. The van der Waals surface area contributed by atoms with Gasteiger partial charge in [-0.25, -0.2) is 0 Å². The van der Waals surface area contributed by atoms with Gasteiger partial charge in [0.05, 0.1) is 17.1 Å². The molecule has 16 heavy (non-hydrogen) atoms. The Morgan fingerprint density at radius 3 is 2.38 bits per heavy atom. The zero-order valence-electron chi connectivity index (χ0n) is 11.1. The first-order valence-electron chi connectivity index (χ1n) is 6.53. The molecule has 0 aromatic rings. The van der Waals surface area contributed by atoms with E-state index in [0.717, 1.165) is 32.1 Å². The topological polar surface area (TPSA) is 44.0 Å². The summed E-state index contributed by atoms with van der Waals surface area (Å²) >= 11 is 0. The maximum atomic E-state index is 10.7. The minimum absolute atomic E-state index is 0.181. The molecule has 2 atom stereocenters. The van der Waals surface area contributed by atoms with Crippen molar-refractivity contribution in [3.63, 3.8) is 0 Å². The van der Waals surface area contributed by atoms with Gasteiger partial charge in [-0.3, -0.25) is 0 Å². The van der Waals surface area contributed by atoms with E-state index in [1.807, 2.05) is 6.92 Å². The molecule has 0 bridgehead atoms. The molecule has 2 nitrogen and oxygen atoms in total. The van der Waals surface area contributed by atoms with Crippen molar-refractivity contribution < 1.29 is 5.11 Å². The summed E-state index contributed by atoms with van der Waals surface area (Å²) in [6.45, 7) is 8.23. The zero-order chi connectivity index (χ0) is 12.4. The van der Waals surface area contributed by atoms with E-state index in [1.165, 1.54) is 0 Å². The quantitative estimate of drug-likeness (QED) is 0.795. The highest BCUT2D eigenvalue weighted by atomic mass is 16.3. The van der Waals surface area contributed by atoms with Crippen molar-refractivity contribution in [1.29, 1.82) is 5.26 Å². The van der Waals surface area contributed by atoms with Crippen LogP contribution in [-0.4, -0.2) is 10.7 Å². The van der Waals surface area contributed by atoms with Gasteiger partial charge in [0.25, 0.3) is 0 Å². The Hall–Kier alpha value is -0.550. The number of hydrogen-bond acceptors (Lipinski definition) is 2. The second-order valence-electron chi connectivity index (χ2n) is 5.83. The van der Waals surface area contributed by atoms with Crippen LogP contribution < -0.4 is 0 Å². The Labute approximate surface area is 99.7 Å². The molecule has 1 aliphatic rings. The Morgan fingerprint density at radius 2 is 2.00 bits per heavy atom. The predicted molar refractivity (Wildman–Crippen MR) is 65.8 cm³/mol. The van der Waals surface area contributed by atoms with E-state index in [-0.39, 0.29) is 5.92 Å². The molecule has 0 amide bonds. The fraction of sp³-hybridized carbons (Fsp3) is 0.929. The molecule has 1 fully saturated rings. The van der Waals surface area contributed by atoms with Gasteiger partial charge < -0.3 is 5.11 Å².